The topological polar surface area (TPSA) is 84.0 Å². The summed E-state index contributed by atoms with van der Waals surface area (Å²) in [6.07, 6.45) is 1.71. The van der Waals surface area contributed by atoms with Crippen LogP contribution in [0.5, 0.6) is 0 Å². The van der Waals surface area contributed by atoms with Gasteiger partial charge in [0, 0.05) is 11.9 Å². The lowest BCUT2D eigenvalue weighted by atomic mass is 9.99. The Morgan fingerprint density at radius 3 is 2.16 bits per heavy atom. The molecule has 2 N–H and O–H groups in total. The van der Waals surface area contributed by atoms with Crippen LogP contribution in [0.3, 0.4) is 0 Å². The molecule has 9 heteroatoms. The first-order valence-electron chi connectivity index (χ1n) is 11.9. The Balaban J connectivity index is 1.18. The predicted molar refractivity (Wildman–Crippen MR) is 157 cm³/mol. The second-order valence-electron chi connectivity index (χ2n) is 8.28. The molecule has 38 heavy (non-hydrogen) atoms. The van der Waals surface area contributed by atoms with Gasteiger partial charge in [0.2, 0.25) is 11.8 Å². The predicted octanol–water partition coefficient (Wildman–Crippen LogP) is 6.42. The van der Waals surface area contributed by atoms with Gasteiger partial charge in [0.15, 0.2) is 4.34 Å². The van der Waals surface area contributed by atoms with E-state index in [0.29, 0.717) is 0 Å². The monoisotopic (exact) mass is 556 g/mol. The summed E-state index contributed by atoms with van der Waals surface area (Å²) in [5.74, 6) is 0.373. The van der Waals surface area contributed by atoms with Gasteiger partial charge in [-0.15, -0.1) is 11.3 Å². The number of nitrogens with one attached hydrogen (secondary N) is 2. The number of thiazole rings is 1. The third kappa shape index (κ3) is 7.00. The fourth-order valence-electron chi connectivity index (χ4n) is 3.79. The van der Waals surface area contributed by atoms with E-state index in [1.807, 2.05) is 97.1 Å². The van der Waals surface area contributed by atoms with Crippen LogP contribution in [-0.4, -0.2) is 33.3 Å². The lowest BCUT2D eigenvalue weighted by molar-refractivity contribution is -0.119. The summed E-state index contributed by atoms with van der Waals surface area (Å²) < 4.78 is 1.76. The van der Waals surface area contributed by atoms with Crippen molar-refractivity contribution in [1.82, 2.24) is 15.3 Å². The minimum atomic E-state index is -0.220. The van der Waals surface area contributed by atoms with Crippen molar-refractivity contribution in [1.29, 1.82) is 0 Å². The van der Waals surface area contributed by atoms with E-state index in [4.69, 9.17) is 0 Å². The number of anilines is 1. The summed E-state index contributed by atoms with van der Waals surface area (Å²) in [7, 11) is 0. The van der Waals surface area contributed by atoms with E-state index < -0.39 is 0 Å². The van der Waals surface area contributed by atoms with Gasteiger partial charge in [0.25, 0.3) is 0 Å². The molecule has 5 rings (SSSR count). The van der Waals surface area contributed by atoms with Gasteiger partial charge >= 0.3 is 0 Å². The Bertz CT molecular complexity index is 1470. The quantitative estimate of drug-likeness (QED) is 0.193. The number of aromatic nitrogens is 2. The molecule has 0 aliphatic rings. The first kappa shape index (κ1) is 26.0. The average molecular weight is 557 g/mol. The van der Waals surface area contributed by atoms with E-state index in [2.05, 4.69) is 20.6 Å². The summed E-state index contributed by atoms with van der Waals surface area (Å²) in [5, 5.41) is 6.92. The van der Waals surface area contributed by atoms with Crippen LogP contribution in [0.2, 0.25) is 0 Å². The number of amides is 2. The Morgan fingerprint density at radius 1 is 0.789 bits per heavy atom. The average Bonchev–Trinajstić information content (AvgIpc) is 3.37. The van der Waals surface area contributed by atoms with Crippen LogP contribution in [0.4, 0.5) is 5.69 Å². The molecule has 190 valence electrons. The van der Waals surface area contributed by atoms with Gasteiger partial charge in [-0.05, 0) is 41.5 Å². The number of fused-ring (bicyclic) bond motifs is 1. The van der Waals surface area contributed by atoms with Gasteiger partial charge in [0.05, 0.1) is 32.8 Å². The summed E-state index contributed by atoms with van der Waals surface area (Å²) in [4.78, 5) is 34.2. The molecular formula is C29H24N4O2S3. The number of pyridine rings is 1. The van der Waals surface area contributed by atoms with Crippen LogP contribution >= 0.6 is 34.9 Å². The fourth-order valence-corrected chi connectivity index (χ4v) is 6.37. The maximum atomic E-state index is 12.9. The third-order valence-corrected chi connectivity index (χ3v) is 8.64. The SMILES string of the molecule is O=C(CSc1ccccn1)Nc1ccc2nc(SCC(=O)NC(c3ccccc3)c3ccccc3)sc2c1. The lowest BCUT2D eigenvalue weighted by Gasteiger charge is -2.19. The number of carbonyl (C=O) groups is 2. The fraction of sp³-hybridized carbons (Fsp3) is 0.103. The highest BCUT2D eigenvalue weighted by Crippen LogP contribution is 2.31. The Morgan fingerprint density at radius 2 is 1.47 bits per heavy atom. The van der Waals surface area contributed by atoms with Crippen molar-refractivity contribution in [2.24, 2.45) is 0 Å². The van der Waals surface area contributed by atoms with Gasteiger partial charge in [-0.25, -0.2) is 9.97 Å². The molecule has 0 radical (unpaired) electrons. The van der Waals surface area contributed by atoms with Crippen LogP contribution in [0.1, 0.15) is 17.2 Å². The summed E-state index contributed by atoms with van der Waals surface area (Å²) >= 11 is 4.31. The van der Waals surface area contributed by atoms with E-state index in [1.165, 1.54) is 34.9 Å². The third-order valence-electron chi connectivity index (χ3n) is 5.54. The largest absolute Gasteiger partial charge is 0.344 e. The Kier molecular flexibility index (Phi) is 8.70. The van der Waals surface area contributed by atoms with Crippen LogP contribution < -0.4 is 10.6 Å². The smallest absolute Gasteiger partial charge is 0.234 e. The number of nitrogens with zero attached hydrogens (tertiary/aromatic N) is 2. The normalized spacial score (nSPS) is 11.0. The lowest BCUT2D eigenvalue weighted by Crippen LogP contribution is -2.30. The van der Waals surface area contributed by atoms with E-state index in [9.17, 15) is 9.59 Å². The number of hydrogen-bond donors (Lipinski definition) is 2. The van der Waals surface area contributed by atoms with Crippen LogP contribution in [0.15, 0.2) is 113 Å². The van der Waals surface area contributed by atoms with Crippen molar-refractivity contribution in [2.75, 3.05) is 16.8 Å². The summed E-state index contributed by atoms with van der Waals surface area (Å²) in [6, 6.07) is 31.0. The molecule has 6 nitrogen and oxygen atoms in total. The highest BCUT2D eigenvalue weighted by atomic mass is 32.2. The van der Waals surface area contributed by atoms with Gasteiger partial charge in [0.1, 0.15) is 0 Å². The maximum Gasteiger partial charge on any atom is 0.234 e. The number of hydrogen-bond acceptors (Lipinski definition) is 7. The standard InChI is InChI=1S/C29H24N4O2S3/c34-25(18-36-27-13-7-8-16-30-27)31-22-14-15-23-24(17-22)38-29(32-23)37-19-26(35)33-28(20-9-3-1-4-10-20)21-11-5-2-6-12-21/h1-17,28H,18-19H2,(H,31,34)(H,33,35). The molecular weight excluding hydrogens is 533 g/mol. The van der Waals surface area contributed by atoms with E-state index in [0.717, 1.165) is 36.4 Å². The van der Waals surface area contributed by atoms with Gasteiger partial charge in [-0.3, -0.25) is 9.59 Å². The minimum Gasteiger partial charge on any atom is -0.344 e. The molecule has 2 amide bonds. The van der Waals surface area contributed by atoms with Crippen molar-refractivity contribution >= 4 is 62.6 Å². The highest BCUT2D eigenvalue weighted by molar-refractivity contribution is 8.01. The molecule has 0 atom stereocenters. The zero-order chi connectivity index (χ0) is 26.2. The molecule has 0 aliphatic heterocycles. The molecule has 0 fully saturated rings. The molecule has 0 unspecified atom stereocenters. The van der Waals surface area contributed by atoms with Crippen molar-refractivity contribution in [3.8, 4) is 0 Å². The van der Waals surface area contributed by atoms with E-state index >= 15 is 0 Å². The van der Waals surface area contributed by atoms with Gasteiger partial charge in [-0.1, -0.05) is 90.3 Å². The minimum absolute atomic E-state index is 0.0645. The summed E-state index contributed by atoms with van der Waals surface area (Å²) in [5.41, 5.74) is 3.62. The zero-order valence-corrected chi connectivity index (χ0v) is 22.7. The molecule has 0 spiro atoms. The van der Waals surface area contributed by atoms with Gasteiger partial charge < -0.3 is 10.6 Å². The molecule has 2 heterocycles. The number of rotatable bonds is 10. The van der Waals surface area contributed by atoms with Crippen LogP contribution in [-0.2, 0) is 9.59 Å². The van der Waals surface area contributed by atoms with Crippen molar-refractivity contribution < 1.29 is 9.59 Å². The Labute approximate surface area is 233 Å². The number of benzene rings is 3. The van der Waals surface area contributed by atoms with Crippen LogP contribution in [0.25, 0.3) is 10.2 Å². The zero-order valence-electron chi connectivity index (χ0n) is 20.2. The molecule has 0 bridgehead atoms. The molecule has 0 aliphatic carbocycles. The van der Waals surface area contributed by atoms with Crippen LogP contribution in [0, 0.1) is 0 Å². The number of thioether (sulfide) groups is 2. The summed E-state index contributed by atoms with van der Waals surface area (Å²) in [6.45, 7) is 0. The number of carbonyl (C=O) groups excluding carboxylic acids is 2. The molecule has 3 aromatic carbocycles. The first-order chi connectivity index (χ1) is 18.6. The van der Waals surface area contributed by atoms with Crippen molar-refractivity contribution in [2.45, 2.75) is 15.4 Å². The highest BCUT2D eigenvalue weighted by Gasteiger charge is 2.17. The molecule has 0 saturated heterocycles. The molecule has 5 aromatic rings. The Hall–Kier alpha value is -3.66. The van der Waals surface area contributed by atoms with E-state index in [-0.39, 0.29) is 29.4 Å². The second kappa shape index (κ2) is 12.7. The van der Waals surface area contributed by atoms with Crippen molar-refractivity contribution in [3.05, 3.63) is 114 Å². The first-order valence-corrected chi connectivity index (χ1v) is 14.7. The molecule has 2 aromatic heterocycles. The van der Waals surface area contributed by atoms with Gasteiger partial charge in [-0.2, -0.15) is 0 Å². The second-order valence-corrected chi connectivity index (χ2v) is 11.5. The molecule has 0 saturated carbocycles. The van der Waals surface area contributed by atoms with Crippen molar-refractivity contribution in [3.63, 3.8) is 0 Å². The van der Waals surface area contributed by atoms with E-state index in [1.54, 1.807) is 6.20 Å². The maximum absolute atomic E-state index is 12.9.